The van der Waals surface area contributed by atoms with Gasteiger partial charge in [-0.3, -0.25) is 4.79 Å². The largest absolute Gasteiger partial charge is 0.494 e. The van der Waals surface area contributed by atoms with Crippen LogP contribution in [0.2, 0.25) is 0 Å². The minimum Gasteiger partial charge on any atom is -0.494 e. The molecule has 1 aromatic rings. The van der Waals surface area contributed by atoms with E-state index in [1.54, 1.807) is 0 Å². The van der Waals surface area contributed by atoms with Gasteiger partial charge in [-0.2, -0.15) is 0 Å². The van der Waals surface area contributed by atoms with Crippen molar-refractivity contribution in [3.8, 4) is 5.75 Å². The van der Waals surface area contributed by atoms with Crippen LogP contribution in [0.1, 0.15) is 23.2 Å². The van der Waals surface area contributed by atoms with Crippen LogP contribution < -0.4 is 15.8 Å². The Labute approximate surface area is 110 Å². The van der Waals surface area contributed by atoms with Crippen molar-refractivity contribution in [2.24, 2.45) is 10.9 Å². The summed E-state index contributed by atoms with van der Waals surface area (Å²) in [4.78, 5) is 11.7. The summed E-state index contributed by atoms with van der Waals surface area (Å²) < 4.78 is 18.0. The van der Waals surface area contributed by atoms with Gasteiger partial charge in [0, 0.05) is 18.5 Å². The summed E-state index contributed by atoms with van der Waals surface area (Å²) in [5.74, 6) is -0.731. The van der Waals surface area contributed by atoms with E-state index in [0.29, 0.717) is 24.9 Å². The van der Waals surface area contributed by atoms with Gasteiger partial charge >= 0.3 is 0 Å². The number of nitrogens with two attached hydrogens (primary N) is 1. The third-order valence-corrected chi connectivity index (χ3v) is 2.44. The lowest BCUT2D eigenvalue weighted by atomic mass is 10.2. The second kappa shape index (κ2) is 7.20. The van der Waals surface area contributed by atoms with E-state index < -0.39 is 5.82 Å². The molecule has 0 saturated heterocycles. The number of nitrogens with one attached hydrogen (secondary N) is 1. The van der Waals surface area contributed by atoms with Gasteiger partial charge < -0.3 is 21.0 Å². The number of carbonyl (C=O) groups excluding carboxylic acids is 1. The first kappa shape index (κ1) is 14.7. The first-order valence-electron chi connectivity index (χ1n) is 5.66. The predicted molar refractivity (Wildman–Crippen MR) is 67.9 cm³/mol. The van der Waals surface area contributed by atoms with Crippen LogP contribution in [0.5, 0.6) is 5.75 Å². The Bertz CT molecular complexity index is 477. The quantitative estimate of drug-likeness (QED) is 0.237. The summed E-state index contributed by atoms with van der Waals surface area (Å²) in [7, 11) is 1.33. The Morgan fingerprint density at radius 2 is 2.32 bits per heavy atom. The van der Waals surface area contributed by atoms with E-state index in [2.05, 4.69) is 10.5 Å². The molecular formula is C12H16FN3O3. The van der Waals surface area contributed by atoms with Gasteiger partial charge in [-0.05, 0) is 24.6 Å². The highest BCUT2D eigenvalue weighted by atomic mass is 19.1. The monoisotopic (exact) mass is 269 g/mol. The molecule has 0 aliphatic rings. The molecule has 0 saturated carbocycles. The molecule has 0 spiro atoms. The second-order valence-electron chi connectivity index (χ2n) is 3.80. The summed E-state index contributed by atoms with van der Waals surface area (Å²) in [5.41, 5.74) is 5.59. The lowest BCUT2D eigenvalue weighted by molar-refractivity contribution is 0.0953. The number of hydrogen-bond acceptors (Lipinski definition) is 4. The van der Waals surface area contributed by atoms with Crippen LogP contribution in [0.15, 0.2) is 23.4 Å². The zero-order chi connectivity index (χ0) is 14.3. The number of ether oxygens (including phenoxy) is 1. The van der Waals surface area contributed by atoms with Crippen LogP contribution in [-0.2, 0) is 0 Å². The molecule has 0 radical (unpaired) electrons. The Hall–Kier alpha value is -2.31. The van der Waals surface area contributed by atoms with Crippen molar-refractivity contribution < 1.29 is 19.1 Å². The summed E-state index contributed by atoms with van der Waals surface area (Å²) in [6.07, 6.45) is 0.920. The molecule has 7 heteroatoms. The Balaban J connectivity index is 2.50. The SMILES string of the molecule is COc1cc(C(=O)NCCC/C(N)=N/O)ccc1F. The van der Waals surface area contributed by atoms with E-state index in [1.807, 2.05) is 0 Å². The Morgan fingerprint density at radius 1 is 1.58 bits per heavy atom. The van der Waals surface area contributed by atoms with Gasteiger partial charge in [0.05, 0.1) is 7.11 Å². The average Bonchev–Trinajstić information content (AvgIpc) is 2.43. The summed E-state index contributed by atoms with van der Waals surface area (Å²) in [5, 5.41) is 13.8. The number of amides is 1. The molecule has 0 aliphatic carbocycles. The molecule has 0 aliphatic heterocycles. The normalized spacial score (nSPS) is 11.2. The molecule has 0 fully saturated rings. The zero-order valence-corrected chi connectivity index (χ0v) is 10.5. The van der Waals surface area contributed by atoms with E-state index in [4.69, 9.17) is 15.7 Å². The molecule has 1 aromatic carbocycles. The first-order valence-corrected chi connectivity index (χ1v) is 5.66. The van der Waals surface area contributed by atoms with E-state index in [9.17, 15) is 9.18 Å². The van der Waals surface area contributed by atoms with E-state index in [-0.39, 0.29) is 17.5 Å². The number of methoxy groups -OCH3 is 1. The summed E-state index contributed by atoms with van der Waals surface area (Å²) in [6, 6.07) is 3.87. The molecule has 0 heterocycles. The number of halogens is 1. The number of amidine groups is 1. The third-order valence-electron chi connectivity index (χ3n) is 2.44. The van der Waals surface area contributed by atoms with Crippen LogP contribution in [-0.4, -0.2) is 30.6 Å². The van der Waals surface area contributed by atoms with Crippen LogP contribution in [0, 0.1) is 5.82 Å². The Kier molecular flexibility index (Phi) is 5.59. The van der Waals surface area contributed by atoms with Crippen molar-refractivity contribution in [1.82, 2.24) is 5.32 Å². The predicted octanol–water partition coefficient (Wildman–Crippen LogP) is 1.09. The van der Waals surface area contributed by atoms with E-state index >= 15 is 0 Å². The smallest absolute Gasteiger partial charge is 0.251 e. The van der Waals surface area contributed by atoms with Crippen molar-refractivity contribution in [2.75, 3.05) is 13.7 Å². The number of benzene rings is 1. The Morgan fingerprint density at radius 3 is 2.95 bits per heavy atom. The summed E-state index contributed by atoms with van der Waals surface area (Å²) >= 11 is 0. The fourth-order valence-electron chi connectivity index (χ4n) is 1.42. The maximum absolute atomic E-state index is 13.2. The van der Waals surface area contributed by atoms with E-state index in [0.717, 1.165) is 0 Å². The molecule has 19 heavy (non-hydrogen) atoms. The molecule has 6 nitrogen and oxygen atoms in total. The van der Waals surface area contributed by atoms with Gasteiger partial charge in [0.15, 0.2) is 11.6 Å². The number of hydrogen-bond donors (Lipinski definition) is 3. The molecular weight excluding hydrogens is 253 g/mol. The zero-order valence-electron chi connectivity index (χ0n) is 10.5. The molecule has 0 unspecified atom stereocenters. The lowest BCUT2D eigenvalue weighted by Crippen LogP contribution is -2.25. The minimum absolute atomic E-state index is 0.0179. The van der Waals surface area contributed by atoms with Gasteiger partial charge in [-0.1, -0.05) is 5.16 Å². The van der Waals surface area contributed by atoms with Crippen LogP contribution in [0.3, 0.4) is 0 Å². The average molecular weight is 269 g/mol. The maximum Gasteiger partial charge on any atom is 0.251 e. The fraction of sp³-hybridized carbons (Fsp3) is 0.333. The van der Waals surface area contributed by atoms with Gasteiger partial charge in [-0.25, -0.2) is 4.39 Å². The molecule has 1 rings (SSSR count). The van der Waals surface area contributed by atoms with E-state index in [1.165, 1.54) is 25.3 Å². The van der Waals surface area contributed by atoms with Crippen LogP contribution in [0.4, 0.5) is 4.39 Å². The van der Waals surface area contributed by atoms with Gasteiger partial charge in [0.25, 0.3) is 5.91 Å². The second-order valence-corrected chi connectivity index (χ2v) is 3.80. The van der Waals surface area contributed by atoms with Crippen molar-refractivity contribution in [2.45, 2.75) is 12.8 Å². The molecule has 0 aromatic heterocycles. The number of oxime groups is 1. The number of carbonyl (C=O) groups is 1. The molecule has 0 bridgehead atoms. The van der Waals surface area contributed by atoms with Gasteiger partial charge in [0.1, 0.15) is 5.84 Å². The third kappa shape index (κ3) is 4.46. The van der Waals surface area contributed by atoms with Crippen molar-refractivity contribution >= 4 is 11.7 Å². The summed E-state index contributed by atoms with van der Waals surface area (Å²) in [6.45, 7) is 0.370. The standard InChI is InChI=1S/C12H16FN3O3/c1-19-10-7-8(4-5-9(10)13)12(17)15-6-2-3-11(14)16-18/h4-5,7,18H,2-3,6H2,1H3,(H2,14,16)(H,15,17). The number of rotatable bonds is 6. The minimum atomic E-state index is -0.522. The van der Waals surface area contributed by atoms with Crippen molar-refractivity contribution in [3.63, 3.8) is 0 Å². The van der Waals surface area contributed by atoms with Crippen molar-refractivity contribution in [3.05, 3.63) is 29.6 Å². The molecule has 104 valence electrons. The van der Waals surface area contributed by atoms with Crippen LogP contribution >= 0.6 is 0 Å². The maximum atomic E-state index is 13.2. The first-order chi connectivity index (χ1) is 9.08. The highest BCUT2D eigenvalue weighted by Gasteiger charge is 2.09. The molecule has 4 N–H and O–H groups in total. The number of nitrogens with zero attached hydrogens (tertiary/aromatic N) is 1. The fourth-order valence-corrected chi connectivity index (χ4v) is 1.42. The molecule has 1 amide bonds. The van der Waals surface area contributed by atoms with Crippen LogP contribution in [0.25, 0.3) is 0 Å². The topological polar surface area (TPSA) is 96.9 Å². The highest BCUT2D eigenvalue weighted by Crippen LogP contribution is 2.17. The van der Waals surface area contributed by atoms with Crippen molar-refractivity contribution in [1.29, 1.82) is 0 Å². The van der Waals surface area contributed by atoms with Gasteiger partial charge in [-0.15, -0.1) is 0 Å². The highest BCUT2D eigenvalue weighted by molar-refractivity contribution is 5.94. The lowest BCUT2D eigenvalue weighted by Gasteiger charge is -2.07. The molecule has 0 atom stereocenters. The van der Waals surface area contributed by atoms with Gasteiger partial charge in [0.2, 0.25) is 0 Å².